The third-order valence-electron chi connectivity index (χ3n) is 2.07. The van der Waals surface area contributed by atoms with Crippen molar-refractivity contribution in [3.8, 4) is 0 Å². The minimum atomic E-state index is -1.45. The molecule has 0 saturated heterocycles. The van der Waals surface area contributed by atoms with Crippen LogP contribution in [0.15, 0.2) is 6.20 Å². The topological polar surface area (TPSA) is 125 Å². The molecular weight excluding hydrogens is 245 g/mol. The first-order chi connectivity index (χ1) is 8.54. The summed E-state index contributed by atoms with van der Waals surface area (Å²) in [6, 6.07) is 0. The van der Waals surface area contributed by atoms with Crippen LogP contribution in [-0.2, 0) is 11.3 Å². The van der Waals surface area contributed by atoms with Crippen molar-refractivity contribution in [2.75, 3.05) is 24.3 Å². The first-order valence-electron chi connectivity index (χ1n) is 5.16. The SMILES string of the molecule is Nc1c(NC(=O)CCNC(=O)[O-])cnn1CCF. The van der Waals surface area contributed by atoms with Crippen molar-refractivity contribution in [2.24, 2.45) is 0 Å². The van der Waals surface area contributed by atoms with E-state index < -0.39 is 18.7 Å². The van der Waals surface area contributed by atoms with Crippen LogP contribution < -0.4 is 21.5 Å². The molecular formula is C9H13FN5O3-. The number of amides is 2. The summed E-state index contributed by atoms with van der Waals surface area (Å²) in [5, 5.41) is 18.2. The van der Waals surface area contributed by atoms with E-state index in [2.05, 4.69) is 10.4 Å². The zero-order valence-electron chi connectivity index (χ0n) is 9.48. The fourth-order valence-corrected chi connectivity index (χ4v) is 1.24. The molecule has 0 radical (unpaired) electrons. The summed E-state index contributed by atoms with van der Waals surface area (Å²) in [6.45, 7) is -0.671. The van der Waals surface area contributed by atoms with Crippen LogP contribution in [-0.4, -0.2) is 35.0 Å². The highest BCUT2D eigenvalue weighted by molar-refractivity contribution is 5.93. The largest absolute Gasteiger partial charge is 0.530 e. The lowest BCUT2D eigenvalue weighted by molar-refractivity contribution is -0.250. The van der Waals surface area contributed by atoms with Gasteiger partial charge < -0.3 is 26.3 Å². The van der Waals surface area contributed by atoms with Crippen LogP contribution in [0.4, 0.5) is 20.7 Å². The summed E-state index contributed by atoms with van der Waals surface area (Å²) >= 11 is 0. The van der Waals surface area contributed by atoms with E-state index >= 15 is 0 Å². The Bertz CT molecular complexity index is 434. The highest BCUT2D eigenvalue weighted by Crippen LogP contribution is 2.17. The summed E-state index contributed by atoms with van der Waals surface area (Å²) in [4.78, 5) is 21.4. The lowest BCUT2D eigenvalue weighted by Crippen LogP contribution is -2.38. The molecule has 0 saturated carbocycles. The van der Waals surface area contributed by atoms with Crippen LogP contribution in [0.25, 0.3) is 0 Å². The molecule has 2 amide bonds. The lowest BCUT2D eigenvalue weighted by Gasteiger charge is -2.07. The Hall–Kier alpha value is -2.32. The molecule has 0 aliphatic carbocycles. The van der Waals surface area contributed by atoms with E-state index in [-0.39, 0.29) is 31.0 Å². The summed E-state index contributed by atoms with van der Waals surface area (Å²) in [7, 11) is 0. The minimum Gasteiger partial charge on any atom is -0.530 e. The van der Waals surface area contributed by atoms with Crippen LogP contribution >= 0.6 is 0 Å². The maximum atomic E-state index is 12.1. The van der Waals surface area contributed by atoms with Gasteiger partial charge in [0.2, 0.25) is 5.91 Å². The molecule has 0 bridgehead atoms. The van der Waals surface area contributed by atoms with Crippen molar-refractivity contribution >= 4 is 23.5 Å². The number of nitrogen functional groups attached to an aromatic ring is 1. The number of aryl methyl sites for hydroxylation is 1. The highest BCUT2D eigenvalue weighted by Gasteiger charge is 2.10. The van der Waals surface area contributed by atoms with Gasteiger partial charge in [-0.05, 0) is 0 Å². The second-order valence-corrected chi connectivity index (χ2v) is 3.37. The van der Waals surface area contributed by atoms with E-state index in [1.54, 1.807) is 0 Å². The molecule has 8 nitrogen and oxygen atoms in total. The average molecular weight is 258 g/mol. The molecule has 0 aliphatic heterocycles. The third-order valence-corrected chi connectivity index (χ3v) is 2.07. The highest BCUT2D eigenvalue weighted by atomic mass is 19.1. The predicted octanol–water partition coefficient (Wildman–Crippen LogP) is -1.30. The van der Waals surface area contributed by atoms with Crippen LogP contribution in [0, 0.1) is 0 Å². The number of alkyl halides is 1. The molecule has 4 N–H and O–H groups in total. The molecule has 1 aromatic heterocycles. The van der Waals surface area contributed by atoms with Gasteiger partial charge in [0.15, 0.2) is 0 Å². The van der Waals surface area contributed by atoms with Crippen LogP contribution in [0.2, 0.25) is 0 Å². The van der Waals surface area contributed by atoms with E-state index in [4.69, 9.17) is 5.73 Å². The normalized spacial score (nSPS) is 10.1. The number of hydrogen-bond donors (Lipinski definition) is 3. The van der Waals surface area contributed by atoms with Crippen molar-refractivity contribution in [3.05, 3.63) is 6.20 Å². The van der Waals surface area contributed by atoms with Gasteiger partial charge in [-0.2, -0.15) is 5.10 Å². The van der Waals surface area contributed by atoms with Gasteiger partial charge in [0.25, 0.3) is 0 Å². The zero-order chi connectivity index (χ0) is 13.5. The summed E-state index contributed by atoms with van der Waals surface area (Å²) in [6.07, 6.45) is -0.213. The Labute approximate surface area is 102 Å². The number of aromatic nitrogens is 2. The molecule has 0 spiro atoms. The number of carbonyl (C=O) groups excluding carboxylic acids is 2. The molecule has 18 heavy (non-hydrogen) atoms. The number of rotatable bonds is 6. The van der Waals surface area contributed by atoms with E-state index in [0.717, 1.165) is 0 Å². The Morgan fingerprint density at radius 1 is 1.56 bits per heavy atom. The third kappa shape index (κ3) is 3.92. The van der Waals surface area contributed by atoms with Gasteiger partial charge in [0.05, 0.1) is 12.7 Å². The number of anilines is 2. The first-order valence-corrected chi connectivity index (χ1v) is 5.16. The van der Waals surface area contributed by atoms with Crippen molar-refractivity contribution < 1.29 is 19.1 Å². The maximum Gasteiger partial charge on any atom is 0.226 e. The van der Waals surface area contributed by atoms with Crippen molar-refractivity contribution in [1.82, 2.24) is 15.1 Å². The van der Waals surface area contributed by atoms with Gasteiger partial charge in [-0.25, -0.2) is 9.07 Å². The van der Waals surface area contributed by atoms with E-state index in [9.17, 15) is 19.1 Å². The molecule has 1 rings (SSSR count). The Morgan fingerprint density at radius 3 is 2.89 bits per heavy atom. The fourth-order valence-electron chi connectivity index (χ4n) is 1.24. The minimum absolute atomic E-state index is 0.00788. The maximum absolute atomic E-state index is 12.1. The molecule has 0 unspecified atom stereocenters. The molecule has 0 atom stereocenters. The van der Waals surface area contributed by atoms with Crippen LogP contribution in [0.3, 0.4) is 0 Å². The lowest BCUT2D eigenvalue weighted by atomic mass is 10.4. The molecule has 0 fully saturated rings. The molecule has 9 heteroatoms. The summed E-state index contributed by atoms with van der Waals surface area (Å²) in [5.41, 5.74) is 5.88. The monoisotopic (exact) mass is 258 g/mol. The average Bonchev–Trinajstić information content (AvgIpc) is 2.62. The van der Waals surface area contributed by atoms with Crippen molar-refractivity contribution in [1.29, 1.82) is 0 Å². The van der Waals surface area contributed by atoms with Crippen molar-refractivity contribution in [2.45, 2.75) is 13.0 Å². The van der Waals surface area contributed by atoms with Gasteiger partial charge in [-0.3, -0.25) is 4.79 Å². The fraction of sp³-hybridized carbons (Fsp3) is 0.444. The number of halogens is 1. The van der Waals surface area contributed by atoms with Gasteiger partial charge in [-0.1, -0.05) is 0 Å². The Balaban J connectivity index is 2.46. The molecule has 1 heterocycles. The summed E-state index contributed by atoms with van der Waals surface area (Å²) in [5.74, 6) is -0.288. The van der Waals surface area contributed by atoms with Crippen LogP contribution in [0.1, 0.15) is 6.42 Å². The second kappa shape index (κ2) is 6.42. The predicted molar refractivity (Wildman–Crippen MR) is 59.3 cm³/mol. The number of nitrogens with zero attached hydrogens (tertiary/aromatic N) is 2. The first kappa shape index (κ1) is 13.7. The van der Waals surface area contributed by atoms with E-state index in [1.807, 2.05) is 5.32 Å². The van der Waals surface area contributed by atoms with Crippen LogP contribution in [0.5, 0.6) is 0 Å². The number of carboxylic acid groups (broad SMARTS) is 1. The van der Waals surface area contributed by atoms with E-state index in [1.165, 1.54) is 10.9 Å². The molecule has 0 aromatic carbocycles. The number of nitrogens with two attached hydrogens (primary N) is 1. The quantitative estimate of drug-likeness (QED) is 0.584. The van der Waals surface area contributed by atoms with Crippen molar-refractivity contribution in [3.63, 3.8) is 0 Å². The molecule has 1 aromatic rings. The Morgan fingerprint density at radius 2 is 2.28 bits per heavy atom. The number of nitrogens with one attached hydrogen (secondary N) is 2. The van der Waals surface area contributed by atoms with E-state index in [0.29, 0.717) is 0 Å². The standard InChI is InChI=1S/C9H14FN5O3/c10-2-4-15-8(11)6(5-13-15)14-7(16)1-3-12-9(17)18/h5,12H,1-4,11H2,(H,14,16)(H,17,18)/p-1. The Kier molecular flexibility index (Phi) is 4.90. The zero-order valence-corrected chi connectivity index (χ0v) is 9.48. The number of carbonyl (C=O) groups is 2. The summed E-state index contributed by atoms with van der Waals surface area (Å²) < 4.78 is 13.3. The van der Waals surface area contributed by atoms with Gasteiger partial charge in [0.1, 0.15) is 24.3 Å². The smallest absolute Gasteiger partial charge is 0.226 e. The van der Waals surface area contributed by atoms with Gasteiger partial charge >= 0.3 is 0 Å². The number of hydrogen-bond acceptors (Lipinski definition) is 5. The van der Waals surface area contributed by atoms with Gasteiger partial charge in [0, 0.05) is 13.0 Å². The molecule has 0 aliphatic rings. The molecule has 100 valence electrons. The second-order valence-electron chi connectivity index (χ2n) is 3.37. The van der Waals surface area contributed by atoms with Gasteiger partial charge in [-0.15, -0.1) is 0 Å².